The third-order valence-electron chi connectivity index (χ3n) is 3.99. The van der Waals surface area contributed by atoms with Crippen LogP contribution in [-0.4, -0.2) is 29.9 Å². The van der Waals surface area contributed by atoms with Gasteiger partial charge in [-0.15, -0.1) is 24.0 Å². The predicted octanol–water partition coefficient (Wildman–Crippen LogP) is 3.50. The van der Waals surface area contributed by atoms with Gasteiger partial charge in [-0.25, -0.2) is 9.07 Å². The van der Waals surface area contributed by atoms with Gasteiger partial charge in [-0.2, -0.15) is 5.10 Å². The standard InChI is InChI=1S/C20H22FN5O.HI/c1-22-20(23-13-15-4-3-5-16(21)12-15)24-14-17-10-11-26(25-17)18-6-8-19(27-2)9-7-18;/h3-12H,13-14H2,1-2H3,(H2,22,23,24);1H. The van der Waals surface area contributed by atoms with Crippen molar-refractivity contribution in [3.63, 3.8) is 0 Å². The van der Waals surface area contributed by atoms with Crippen molar-refractivity contribution in [2.45, 2.75) is 13.1 Å². The lowest BCUT2D eigenvalue weighted by Crippen LogP contribution is -2.36. The number of hydrogen-bond acceptors (Lipinski definition) is 3. The molecule has 6 nitrogen and oxygen atoms in total. The van der Waals surface area contributed by atoms with Crippen molar-refractivity contribution in [2.24, 2.45) is 4.99 Å². The van der Waals surface area contributed by atoms with E-state index in [2.05, 4.69) is 20.7 Å². The monoisotopic (exact) mass is 495 g/mol. The van der Waals surface area contributed by atoms with Crippen LogP contribution >= 0.6 is 24.0 Å². The summed E-state index contributed by atoms with van der Waals surface area (Å²) in [4.78, 5) is 4.18. The molecule has 0 spiro atoms. The first-order valence-electron chi connectivity index (χ1n) is 8.56. The Morgan fingerprint density at radius 1 is 1.11 bits per heavy atom. The van der Waals surface area contributed by atoms with Crippen LogP contribution in [0.2, 0.25) is 0 Å². The normalized spacial score (nSPS) is 10.9. The zero-order valence-electron chi connectivity index (χ0n) is 15.7. The summed E-state index contributed by atoms with van der Waals surface area (Å²) in [5, 5.41) is 10.9. The maximum atomic E-state index is 13.2. The molecule has 0 amide bonds. The third kappa shape index (κ3) is 5.95. The number of nitrogens with zero attached hydrogens (tertiary/aromatic N) is 3. The van der Waals surface area contributed by atoms with E-state index in [1.807, 2.05) is 42.6 Å². The van der Waals surface area contributed by atoms with Gasteiger partial charge in [-0.05, 0) is 48.0 Å². The smallest absolute Gasteiger partial charge is 0.191 e. The van der Waals surface area contributed by atoms with E-state index in [9.17, 15) is 4.39 Å². The SMILES string of the molecule is CN=C(NCc1cccc(F)c1)NCc1ccn(-c2ccc(OC)cc2)n1.I. The van der Waals surface area contributed by atoms with Crippen LogP contribution in [0.15, 0.2) is 65.8 Å². The summed E-state index contributed by atoms with van der Waals surface area (Å²) in [7, 11) is 3.33. The molecule has 0 aliphatic rings. The average Bonchev–Trinajstić information content (AvgIpc) is 3.17. The Bertz CT molecular complexity index is 911. The highest BCUT2D eigenvalue weighted by molar-refractivity contribution is 14.0. The highest BCUT2D eigenvalue weighted by atomic mass is 127. The first-order chi connectivity index (χ1) is 13.2. The minimum Gasteiger partial charge on any atom is -0.497 e. The maximum absolute atomic E-state index is 13.2. The van der Waals surface area contributed by atoms with Crippen molar-refractivity contribution < 1.29 is 9.13 Å². The molecule has 0 aliphatic carbocycles. The van der Waals surface area contributed by atoms with Gasteiger partial charge in [0.25, 0.3) is 0 Å². The molecule has 3 rings (SSSR count). The number of benzene rings is 2. The van der Waals surface area contributed by atoms with Gasteiger partial charge >= 0.3 is 0 Å². The van der Waals surface area contributed by atoms with Crippen molar-refractivity contribution >= 4 is 29.9 Å². The van der Waals surface area contributed by atoms with Gasteiger partial charge in [0.15, 0.2) is 5.96 Å². The fraction of sp³-hybridized carbons (Fsp3) is 0.200. The number of ether oxygens (including phenoxy) is 1. The first kappa shape index (κ1) is 21.7. The zero-order chi connectivity index (χ0) is 19.1. The Morgan fingerprint density at radius 3 is 2.54 bits per heavy atom. The van der Waals surface area contributed by atoms with E-state index in [0.717, 1.165) is 22.7 Å². The van der Waals surface area contributed by atoms with Crippen LogP contribution in [0.25, 0.3) is 5.69 Å². The van der Waals surface area contributed by atoms with E-state index >= 15 is 0 Å². The summed E-state index contributed by atoms with van der Waals surface area (Å²) in [6, 6.07) is 16.1. The van der Waals surface area contributed by atoms with E-state index < -0.39 is 0 Å². The molecule has 8 heteroatoms. The molecular formula is C20H23FIN5O. The van der Waals surface area contributed by atoms with Crippen molar-refractivity contribution in [1.29, 1.82) is 0 Å². The first-order valence-corrected chi connectivity index (χ1v) is 8.56. The molecule has 0 atom stereocenters. The average molecular weight is 495 g/mol. The maximum Gasteiger partial charge on any atom is 0.191 e. The van der Waals surface area contributed by atoms with E-state index in [-0.39, 0.29) is 29.8 Å². The van der Waals surface area contributed by atoms with Gasteiger partial charge in [0, 0.05) is 19.8 Å². The van der Waals surface area contributed by atoms with E-state index in [4.69, 9.17) is 4.74 Å². The predicted molar refractivity (Wildman–Crippen MR) is 119 cm³/mol. The van der Waals surface area contributed by atoms with E-state index in [1.54, 1.807) is 24.9 Å². The Kier molecular flexibility index (Phi) is 8.24. The van der Waals surface area contributed by atoms with Gasteiger partial charge < -0.3 is 15.4 Å². The number of methoxy groups -OCH3 is 1. The van der Waals surface area contributed by atoms with Crippen LogP contribution in [0.5, 0.6) is 5.75 Å². The Balaban J connectivity index is 0.00000280. The lowest BCUT2D eigenvalue weighted by Gasteiger charge is -2.11. The van der Waals surface area contributed by atoms with Gasteiger partial charge in [-0.3, -0.25) is 4.99 Å². The summed E-state index contributed by atoms with van der Waals surface area (Å²) in [6.45, 7) is 1.00. The number of aromatic nitrogens is 2. The lowest BCUT2D eigenvalue weighted by atomic mass is 10.2. The Labute approximate surface area is 180 Å². The van der Waals surface area contributed by atoms with Gasteiger partial charge in [-0.1, -0.05) is 12.1 Å². The van der Waals surface area contributed by atoms with E-state index in [1.165, 1.54) is 12.1 Å². The summed E-state index contributed by atoms with van der Waals surface area (Å²) < 4.78 is 20.2. The highest BCUT2D eigenvalue weighted by Gasteiger charge is 2.04. The van der Waals surface area contributed by atoms with Crippen LogP contribution in [0.3, 0.4) is 0 Å². The number of guanidine groups is 1. The fourth-order valence-electron chi connectivity index (χ4n) is 2.56. The summed E-state index contributed by atoms with van der Waals surface area (Å²) >= 11 is 0. The molecule has 0 saturated carbocycles. The number of rotatable bonds is 6. The molecule has 28 heavy (non-hydrogen) atoms. The topological polar surface area (TPSA) is 63.5 Å². The van der Waals surface area contributed by atoms with Crippen LogP contribution in [0.1, 0.15) is 11.3 Å². The molecule has 2 aromatic carbocycles. The second-order valence-corrected chi connectivity index (χ2v) is 5.86. The minimum atomic E-state index is -0.249. The third-order valence-corrected chi connectivity index (χ3v) is 3.99. The summed E-state index contributed by atoms with van der Waals surface area (Å²) in [5.74, 6) is 1.18. The second-order valence-electron chi connectivity index (χ2n) is 5.86. The number of nitrogens with one attached hydrogen (secondary N) is 2. The fourth-order valence-corrected chi connectivity index (χ4v) is 2.56. The Hall–Kier alpha value is -2.62. The summed E-state index contributed by atoms with van der Waals surface area (Å²) in [5.41, 5.74) is 2.68. The minimum absolute atomic E-state index is 0. The Morgan fingerprint density at radius 2 is 1.86 bits per heavy atom. The van der Waals surface area contributed by atoms with Crippen LogP contribution in [0, 0.1) is 5.82 Å². The van der Waals surface area contributed by atoms with Gasteiger partial charge in [0.1, 0.15) is 11.6 Å². The van der Waals surface area contributed by atoms with Crippen molar-refractivity contribution in [3.8, 4) is 11.4 Å². The number of hydrogen-bond donors (Lipinski definition) is 2. The van der Waals surface area contributed by atoms with Crippen LogP contribution in [-0.2, 0) is 13.1 Å². The van der Waals surface area contributed by atoms with Crippen molar-refractivity contribution in [2.75, 3.05) is 14.2 Å². The molecular weight excluding hydrogens is 472 g/mol. The number of aliphatic imine (C=N–C) groups is 1. The van der Waals surface area contributed by atoms with Crippen LogP contribution in [0.4, 0.5) is 4.39 Å². The molecule has 0 radical (unpaired) electrons. The molecule has 148 valence electrons. The molecule has 0 unspecified atom stereocenters. The lowest BCUT2D eigenvalue weighted by molar-refractivity contribution is 0.414. The molecule has 1 aromatic heterocycles. The zero-order valence-corrected chi connectivity index (χ0v) is 18.1. The summed E-state index contributed by atoms with van der Waals surface area (Å²) in [6.07, 6.45) is 1.90. The molecule has 3 aromatic rings. The van der Waals surface area contributed by atoms with Gasteiger partial charge in [0.05, 0.1) is 25.0 Å². The molecule has 0 bridgehead atoms. The quantitative estimate of drug-likeness (QED) is 0.312. The molecule has 0 aliphatic heterocycles. The number of halogens is 2. The largest absolute Gasteiger partial charge is 0.497 e. The van der Waals surface area contributed by atoms with E-state index in [0.29, 0.717) is 19.0 Å². The van der Waals surface area contributed by atoms with Crippen LogP contribution < -0.4 is 15.4 Å². The molecule has 0 fully saturated rings. The molecule has 1 heterocycles. The highest BCUT2D eigenvalue weighted by Crippen LogP contribution is 2.14. The van der Waals surface area contributed by atoms with Crippen molar-refractivity contribution in [3.05, 3.63) is 77.9 Å². The second kappa shape index (κ2) is 10.6. The molecule has 2 N–H and O–H groups in total. The molecule has 0 saturated heterocycles. The van der Waals surface area contributed by atoms with Crippen molar-refractivity contribution in [1.82, 2.24) is 20.4 Å². The van der Waals surface area contributed by atoms with Gasteiger partial charge in [0.2, 0.25) is 0 Å².